The van der Waals surface area contributed by atoms with Gasteiger partial charge in [-0.05, 0) is 12.1 Å². The maximum atomic E-state index is 10.8. The lowest BCUT2D eigenvalue weighted by molar-refractivity contribution is -0.385. The highest BCUT2D eigenvalue weighted by molar-refractivity contribution is 5.63. The Morgan fingerprint density at radius 1 is 1.47 bits per heavy atom. The normalized spacial score (nSPS) is 10.5. The highest BCUT2D eigenvalue weighted by atomic mass is 16.6. The molecule has 0 amide bonds. The summed E-state index contributed by atoms with van der Waals surface area (Å²) in [6.07, 6.45) is 0. The molecule has 0 spiro atoms. The Bertz CT molecular complexity index is 623. The summed E-state index contributed by atoms with van der Waals surface area (Å²) in [6, 6.07) is 4.54. The van der Waals surface area contributed by atoms with Crippen molar-refractivity contribution in [2.75, 3.05) is 7.11 Å². The molecule has 19 heavy (non-hydrogen) atoms. The van der Waals surface area contributed by atoms with Gasteiger partial charge >= 0.3 is 5.69 Å². The molecule has 8 nitrogen and oxygen atoms in total. The number of hydrogen-bond donors (Lipinski definition) is 1. The van der Waals surface area contributed by atoms with E-state index in [-0.39, 0.29) is 18.0 Å². The summed E-state index contributed by atoms with van der Waals surface area (Å²) in [7, 11) is 3.17. The first-order chi connectivity index (χ1) is 9.08. The third-order valence-corrected chi connectivity index (χ3v) is 2.78. The zero-order chi connectivity index (χ0) is 14.0. The average Bonchev–Trinajstić information content (AvgIpc) is 2.78. The van der Waals surface area contributed by atoms with Gasteiger partial charge in [-0.15, -0.1) is 10.2 Å². The smallest absolute Gasteiger partial charge is 0.310 e. The first kappa shape index (κ1) is 13.0. The molecule has 1 heterocycles. The molecule has 2 N–H and O–H groups in total. The molecule has 0 aliphatic rings. The minimum Gasteiger partial charge on any atom is -0.490 e. The number of hydrogen-bond acceptors (Lipinski definition) is 6. The van der Waals surface area contributed by atoms with Crippen LogP contribution in [0.3, 0.4) is 0 Å². The molecule has 0 radical (unpaired) electrons. The van der Waals surface area contributed by atoms with Gasteiger partial charge in [0.05, 0.1) is 18.6 Å². The van der Waals surface area contributed by atoms with Crippen LogP contribution in [-0.2, 0) is 13.6 Å². The van der Waals surface area contributed by atoms with Gasteiger partial charge in [0.1, 0.15) is 5.82 Å². The van der Waals surface area contributed by atoms with Gasteiger partial charge in [0.25, 0.3) is 0 Å². The zero-order valence-electron chi connectivity index (χ0n) is 10.5. The van der Waals surface area contributed by atoms with E-state index >= 15 is 0 Å². The van der Waals surface area contributed by atoms with E-state index in [2.05, 4.69) is 10.2 Å². The summed E-state index contributed by atoms with van der Waals surface area (Å²) in [5.41, 5.74) is 6.11. The summed E-state index contributed by atoms with van der Waals surface area (Å²) in [4.78, 5) is 10.3. The van der Waals surface area contributed by atoms with Crippen molar-refractivity contribution < 1.29 is 9.66 Å². The first-order valence-corrected chi connectivity index (χ1v) is 5.49. The molecule has 0 saturated heterocycles. The molecule has 0 aliphatic carbocycles. The molecule has 0 atom stereocenters. The van der Waals surface area contributed by atoms with Gasteiger partial charge in [-0.25, -0.2) is 0 Å². The lowest BCUT2D eigenvalue weighted by Gasteiger charge is -2.05. The molecule has 100 valence electrons. The van der Waals surface area contributed by atoms with Gasteiger partial charge < -0.3 is 15.0 Å². The van der Waals surface area contributed by atoms with E-state index in [0.29, 0.717) is 17.2 Å². The Labute approximate surface area is 109 Å². The van der Waals surface area contributed by atoms with E-state index in [1.165, 1.54) is 13.2 Å². The molecule has 0 aliphatic heterocycles. The second-order valence-electron chi connectivity index (χ2n) is 3.85. The maximum absolute atomic E-state index is 10.8. The predicted molar refractivity (Wildman–Crippen MR) is 67.5 cm³/mol. The van der Waals surface area contributed by atoms with Crippen LogP contribution in [0, 0.1) is 10.1 Å². The Kier molecular flexibility index (Phi) is 3.43. The lowest BCUT2D eigenvalue weighted by atomic mass is 10.2. The van der Waals surface area contributed by atoms with Crippen molar-refractivity contribution in [2.45, 2.75) is 6.54 Å². The summed E-state index contributed by atoms with van der Waals surface area (Å²) in [5.74, 6) is 1.39. The minimum atomic E-state index is -0.495. The molecule has 1 aromatic carbocycles. The average molecular weight is 263 g/mol. The van der Waals surface area contributed by atoms with Crippen molar-refractivity contribution >= 4 is 5.69 Å². The molecular formula is C11H13N5O3. The third-order valence-electron chi connectivity index (χ3n) is 2.78. The van der Waals surface area contributed by atoms with Gasteiger partial charge in [0.2, 0.25) is 0 Å². The van der Waals surface area contributed by atoms with E-state index in [0.717, 1.165) is 0 Å². The lowest BCUT2D eigenvalue weighted by Crippen LogP contribution is -2.05. The molecule has 0 fully saturated rings. The standard InChI is InChI=1S/C11H13N5O3/c1-15-10(6-12)13-14-11(15)7-3-4-8(16(17)18)9(5-7)19-2/h3-5H,6,12H2,1-2H3. The van der Waals surface area contributed by atoms with Crippen molar-refractivity contribution in [3.05, 3.63) is 34.1 Å². The fourth-order valence-electron chi connectivity index (χ4n) is 1.76. The Balaban J connectivity index is 2.51. The van der Waals surface area contributed by atoms with Gasteiger partial charge in [-0.1, -0.05) is 0 Å². The number of nitro groups is 1. The SMILES string of the molecule is COc1cc(-c2nnc(CN)n2C)ccc1[N+](=O)[O-]. The van der Waals surface area contributed by atoms with Crippen LogP contribution < -0.4 is 10.5 Å². The van der Waals surface area contributed by atoms with E-state index in [9.17, 15) is 10.1 Å². The molecular weight excluding hydrogens is 250 g/mol. The number of methoxy groups -OCH3 is 1. The Morgan fingerprint density at radius 3 is 2.74 bits per heavy atom. The number of nitrogens with two attached hydrogens (primary N) is 1. The predicted octanol–water partition coefficient (Wildman–Crippen LogP) is 0.858. The third kappa shape index (κ3) is 2.25. The van der Waals surface area contributed by atoms with Crippen LogP contribution in [0.25, 0.3) is 11.4 Å². The number of nitro benzene ring substituents is 1. The van der Waals surface area contributed by atoms with Crippen LogP contribution in [-0.4, -0.2) is 26.8 Å². The maximum Gasteiger partial charge on any atom is 0.310 e. The number of rotatable bonds is 4. The molecule has 0 bridgehead atoms. The minimum absolute atomic E-state index is 0.0903. The van der Waals surface area contributed by atoms with E-state index in [4.69, 9.17) is 10.5 Å². The van der Waals surface area contributed by atoms with E-state index < -0.39 is 4.92 Å². The van der Waals surface area contributed by atoms with Gasteiger partial charge in [0, 0.05) is 18.7 Å². The van der Waals surface area contributed by atoms with Gasteiger partial charge in [0.15, 0.2) is 11.6 Å². The van der Waals surface area contributed by atoms with Crippen molar-refractivity contribution in [3.63, 3.8) is 0 Å². The summed E-state index contributed by atoms with van der Waals surface area (Å²) < 4.78 is 6.75. The van der Waals surface area contributed by atoms with Crippen LogP contribution in [0.1, 0.15) is 5.82 Å². The second kappa shape index (κ2) is 5.02. The van der Waals surface area contributed by atoms with E-state index in [1.54, 1.807) is 23.7 Å². The quantitative estimate of drug-likeness (QED) is 0.647. The Morgan fingerprint density at radius 2 is 2.21 bits per heavy atom. The topological polar surface area (TPSA) is 109 Å². The summed E-state index contributed by atoms with van der Waals surface area (Å²) in [6.45, 7) is 0.271. The monoisotopic (exact) mass is 263 g/mol. The van der Waals surface area contributed by atoms with Crippen molar-refractivity contribution in [3.8, 4) is 17.1 Å². The van der Waals surface area contributed by atoms with E-state index in [1.807, 2.05) is 0 Å². The molecule has 1 aromatic heterocycles. The molecule has 2 rings (SSSR count). The first-order valence-electron chi connectivity index (χ1n) is 5.49. The van der Waals surface area contributed by atoms with Crippen LogP contribution in [0.15, 0.2) is 18.2 Å². The van der Waals surface area contributed by atoms with Crippen LogP contribution >= 0.6 is 0 Å². The van der Waals surface area contributed by atoms with Gasteiger partial charge in [-0.2, -0.15) is 0 Å². The molecule has 0 saturated carbocycles. The Hall–Kier alpha value is -2.48. The fourth-order valence-corrected chi connectivity index (χ4v) is 1.76. The largest absolute Gasteiger partial charge is 0.490 e. The fraction of sp³-hybridized carbons (Fsp3) is 0.273. The summed E-state index contributed by atoms with van der Waals surface area (Å²) >= 11 is 0. The zero-order valence-corrected chi connectivity index (χ0v) is 10.5. The van der Waals surface area contributed by atoms with Crippen molar-refractivity contribution in [1.82, 2.24) is 14.8 Å². The number of ether oxygens (including phenoxy) is 1. The molecule has 0 unspecified atom stereocenters. The number of aromatic nitrogens is 3. The van der Waals surface area contributed by atoms with Crippen molar-refractivity contribution in [2.24, 2.45) is 12.8 Å². The van der Waals surface area contributed by atoms with Crippen LogP contribution in [0.2, 0.25) is 0 Å². The second-order valence-corrected chi connectivity index (χ2v) is 3.85. The number of nitrogens with zero attached hydrogens (tertiary/aromatic N) is 4. The van der Waals surface area contributed by atoms with Crippen molar-refractivity contribution in [1.29, 1.82) is 0 Å². The molecule has 2 aromatic rings. The highest BCUT2D eigenvalue weighted by Gasteiger charge is 2.17. The van der Waals surface area contributed by atoms with Crippen LogP contribution in [0.4, 0.5) is 5.69 Å². The summed E-state index contributed by atoms with van der Waals surface area (Å²) in [5, 5.41) is 18.8. The number of benzene rings is 1. The highest BCUT2D eigenvalue weighted by Crippen LogP contribution is 2.31. The molecule has 8 heteroatoms. The van der Waals surface area contributed by atoms with Gasteiger partial charge in [-0.3, -0.25) is 10.1 Å². The van der Waals surface area contributed by atoms with Crippen LogP contribution in [0.5, 0.6) is 5.75 Å².